The molecule has 0 saturated carbocycles. The Morgan fingerprint density at radius 1 is 1.39 bits per heavy atom. The number of nitrogens with zero attached hydrogens (tertiary/aromatic N) is 4. The molecule has 1 aliphatic heterocycles. The number of rotatable bonds is 3. The van der Waals surface area contributed by atoms with Crippen LogP contribution < -0.4 is 5.73 Å². The van der Waals surface area contributed by atoms with E-state index in [9.17, 15) is 13.2 Å². The molecule has 9 heteroatoms. The van der Waals surface area contributed by atoms with Gasteiger partial charge in [0, 0.05) is 25.2 Å². The summed E-state index contributed by atoms with van der Waals surface area (Å²) in [5.41, 5.74) is 6.70. The molecule has 0 spiro atoms. The zero-order valence-corrected chi connectivity index (χ0v) is 13.9. The number of aryl methyl sites for hydroxylation is 2. The first kappa shape index (κ1) is 15.9. The first-order valence-corrected chi connectivity index (χ1v) is 8.87. The van der Waals surface area contributed by atoms with Crippen molar-refractivity contribution in [2.45, 2.75) is 37.1 Å². The summed E-state index contributed by atoms with van der Waals surface area (Å²) in [6, 6.07) is 0.770. The van der Waals surface area contributed by atoms with E-state index in [2.05, 4.69) is 10.1 Å². The van der Waals surface area contributed by atoms with Crippen LogP contribution in [0, 0.1) is 6.92 Å². The number of aromatic nitrogens is 3. The Hall–Kier alpha value is -2.00. The predicted octanol–water partition coefficient (Wildman–Crippen LogP) is 0.305. The van der Waals surface area contributed by atoms with Crippen molar-refractivity contribution in [2.75, 3.05) is 6.54 Å². The second kappa shape index (κ2) is 5.57. The molecule has 1 atom stereocenters. The maximum Gasteiger partial charge on any atom is 0.245 e. The van der Waals surface area contributed by atoms with Gasteiger partial charge in [-0.05, 0) is 25.8 Å². The van der Waals surface area contributed by atoms with Crippen molar-refractivity contribution in [2.24, 2.45) is 12.8 Å². The van der Waals surface area contributed by atoms with Crippen LogP contribution in [-0.2, 0) is 21.9 Å². The van der Waals surface area contributed by atoms with Crippen molar-refractivity contribution in [3.05, 3.63) is 18.0 Å². The van der Waals surface area contributed by atoms with Crippen LogP contribution in [0.5, 0.6) is 0 Å². The number of carbonyl (C=O) groups excluding carboxylic acids is 1. The Labute approximate surface area is 134 Å². The van der Waals surface area contributed by atoms with E-state index < -0.39 is 22.0 Å². The number of hydrogen-bond acceptors (Lipinski definition) is 5. The molecule has 3 rings (SSSR count). The lowest BCUT2D eigenvalue weighted by Gasteiger charge is -2.32. The van der Waals surface area contributed by atoms with Crippen molar-refractivity contribution in [1.29, 1.82) is 0 Å². The number of amides is 1. The van der Waals surface area contributed by atoms with E-state index >= 15 is 0 Å². The summed E-state index contributed by atoms with van der Waals surface area (Å²) in [6.07, 6.45) is 3.27. The van der Waals surface area contributed by atoms with Gasteiger partial charge in [0.05, 0.1) is 5.69 Å². The molecule has 8 nitrogen and oxygen atoms in total. The van der Waals surface area contributed by atoms with Crippen LogP contribution >= 0.6 is 0 Å². The van der Waals surface area contributed by atoms with Gasteiger partial charge >= 0.3 is 0 Å². The molecule has 1 fully saturated rings. The molecule has 1 aliphatic rings. The summed E-state index contributed by atoms with van der Waals surface area (Å²) in [5.74, 6) is -0.611. The Bertz CT molecular complexity index is 874. The van der Waals surface area contributed by atoms with E-state index in [1.54, 1.807) is 24.7 Å². The van der Waals surface area contributed by atoms with Crippen LogP contribution in [0.1, 0.15) is 25.0 Å². The highest BCUT2D eigenvalue weighted by Gasteiger charge is 2.37. The molecule has 1 amide bonds. The smallest absolute Gasteiger partial charge is 0.245 e. The molecule has 0 radical (unpaired) electrons. The molecule has 2 aromatic rings. The molecule has 0 aliphatic carbocycles. The van der Waals surface area contributed by atoms with Crippen molar-refractivity contribution < 1.29 is 13.2 Å². The summed E-state index contributed by atoms with van der Waals surface area (Å²) < 4.78 is 28.6. The molecule has 2 aromatic heterocycles. The van der Waals surface area contributed by atoms with Crippen molar-refractivity contribution in [3.8, 4) is 0 Å². The average Bonchev–Trinajstić information content (AvgIpc) is 2.81. The zero-order chi connectivity index (χ0) is 16.8. The maximum atomic E-state index is 12.9. The van der Waals surface area contributed by atoms with Crippen LogP contribution in [0.25, 0.3) is 11.0 Å². The first-order chi connectivity index (χ1) is 10.8. The number of nitrogens with two attached hydrogens (primary N) is 1. The zero-order valence-electron chi connectivity index (χ0n) is 13.1. The van der Waals surface area contributed by atoms with Crippen LogP contribution in [0.4, 0.5) is 0 Å². The largest absolute Gasteiger partial charge is 0.368 e. The van der Waals surface area contributed by atoms with E-state index in [4.69, 9.17) is 5.73 Å². The van der Waals surface area contributed by atoms with E-state index in [1.807, 2.05) is 0 Å². The minimum atomic E-state index is -3.82. The minimum Gasteiger partial charge on any atom is -0.368 e. The summed E-state index contributed by atoms with van der Waals surface area (Å²) in [5, 5.41) is 4.92. The Morgan fingerprint density at radius 2 is 2.13 bits per heavy atom. The maximum absolute atomic E-state index is 12.9. The van der Waals surface area contributed by atoms with E-state index in [-0.39, 0.29) is 4.90 Å². The van der Waals surface area contributed by atoms with Crippen LogP contribution in [0.2, 0.25) is 0 Å². The fraction of sp³-hybridized carbons (Fsp3) is 0.500. The lowest BCUT2D eigenvalue weighted by molar-refractivity contribution is -0.122. The monoisotopic (exact) mass is 337 g/mol. The second-order valence-electron chi connectivity index (χ2n) is 5.78. The Kier molecular flexibility index (Phi) is 3.85. The van der Waals surface area contributed by atoms with Crippen LogP contribution in [-0.4, -0.2) is 46.0 Å². The normalized spacial score (nSPS) is 20.0. The molecule has 0 unspecified atom stereocenters. The lowest BCUT2D eigenvalue weighted by atomic mass is 10.0. The minimum absolute atomic E-state index is 0.0641. The number of sulfonamides is 1. The quantitative estimate of drug-likeness (QED) is 0.866. The third kappa shape index (κ3) is 2.59. The van der Waals surface area contributed by atoms with E-state index in [0.717, 1.165) is 6.42 Å². The molecular weight excluding hydrogens is 318 g/mol. The highest BCUT2D eigenvalue weighted by Crippen LogP contribution is 2.27. The third-order valence-corrected chi connectivity index (χ3v) is 6.10. The fourth-order valence-electron chi connectivity index (χ4n) is 3.04. The molecule has 124 valence electrons. The highest BCUT2D eigenvalue weighted by atomic mass is 32.2. The molecule has 23 heavy (non-hydrogen) atoms. The van der Waals surface area contributed by atoms with Crippen LogP contribution in [0.15, 0.2) is 17.2 Å². The van der Waals surface area contributed by atoms with Crippen molar-refractivity contribution in [3.63, 3.8) is 0 Å². The van der Waals surface area contributed by atoms with Crippen molar-refractivity contribution >= 4 is 27.0 Å². The highest BCUT2D eigenvalue weighted by molar-refractivity contribution is 7.89. The summed E-state index contributed by atoms with van der Waals surface area (Å²) in [4.78, 5) is 15.9. The van der Waals surface area contributed by atoms with Gasteiger partial charge in [0.1, 0.15) is 10.9 Å². The molecule has 0 bridgehead atoms. The lowest BCUT2D eigenvalue weighted by Crippen LogP contribution is -2.50. The molecule has 2 N–H and O–H groups in total. The molecular formula is C14H19N5O3S. The Balaban J connectivity index is 2.08. The second-order valence-corrected chi connectivity index (χ2v) is 7.67. The average molecular weight is 337 g/mol. The number of fused-ring (bicyclic) bond motifs is 1. The third-order valence-electron chi connectivity index (χ3n) is 4.23. The molecule has 1 saturated heterocycles. The first-order valence-electron chi connectivity index (χ1n) is 7.43. The van der Waals surface area contributed by atoms with E-state index in [1.165, 1.54) is 10.5 Å². The predicted molar refractivity (Wildman–Crippen MR) is 84.0 cm³/mol. The summed E-state index contributed by atoms with van der Waals surface area (Å²) >= 11 is 0. The number of hydrogen-bond donors (Lipinski definition) is 1. The molecule has 0 aromatic carbocycles. The summed E-state index contributed by atoms with van der Waals surface area (Å²) in [7, 11) is -2.07. The SMILES string of the molecule is Cc1nn(C)c2ncc(S(=O)(=O)N3CCCC[C@@H]3C(N)=O)cc12. The van der Waals surface area contributed by atoms with Gasteiger partial charge in [-0.2, -0.15) is 9.40 Å². The van der Waals surface area contributed by atoms with Crippen LogP contribution in [0.3, 0.4) is 0 Å². The van der Waals surface area contributed by atoms with Crippen molar-refractivity contribution in [1.82, 2.24) is 19.1 Å². The van der Waals surface area contributed by atoms with Gasteiger partial charge < -0.3 is 5.73 Å². The number of piperidine rings is 1. The van der Waals surface area contributed by atoms with Gasteiger partial charge in [-0.15, -0.1) is 0 Å². The van der Waals surface area contributed by atoms with E-state index in [0.29, 0.717) is 36.1 Å². The molecule has 3 heterocycles. The van der Waals surface area contributed by atoms with Gasteiger partial charge in [-0.1, -0.05) is 6.42 Å². The number of carbonyl (C=O) groups is 1. The Morgan fingerprint density at radius 3 is 2.83 bits per heavy atom. The standard InChI is InChI=1S/C14H19N5O3S/c1-9-11-7-10(8-16-14(11)18(2)17-9)23(21,22)19-6-4-3-5-12(19)13(15)20/h7-8,12H,3-6H2,1-2H3,(H2,15,20)/t12-/m1/s1. The van der Waals surface area contributed by atoms with Gasteiger partial charge in [0.25, 0.3) is 0 Å². The number of pyridine rings is 1. The fourth-order valence-corrected chi connectivity index (χ4v) is 4.68. The number of primary amides is 1. The van der Waals surface area contributed by atoms with Gasteiger partial charge in [-0.3, -0.25) is 9.48 Å². The van der Waals surface area contributed by atoms with Gasteiger partial charge in [-0.25, -0.2) is 13.4 Å². The summed E-state index contributed by atoms with van der Waals surface area (Å²) in [6.45, 7) is 2.09. The van der Waals surface area contributed by atoms with Gasteiger partial charge in [0.2, 0.25) is 15.9 Å². The topological polar surface area (TPSA) is 111 Å². The van der Waals surface area contributed by atoms with Gasteiger partial charge in [0.15, 0.2) is 5.65 Å².